The van der Waals surface area contributed by atoms with E-state index in [2.05, 4.69) is 53.4 Å². The fourth-order valence-corrected chi connectivity index (χ4v) is 2.67. The van der Waals surface area contributed by atoms with Crippen molar-refractivity contribution in [1.29, 1.82) is 0 Å². The summed E-state index contributed by atoms with van der Waals surface area (Å²) in [5.74, 6) is 0. The summed E-state index contributed by atoms with van der Waals surface area (Å²) in [6.07, 6.45) is 0. The number of hydrogen-bond donors (Lipinski definition) is 0. The third kappa shape index (κ3) is 2.86. The van der Waals surface area contributed by atoms with Crippen LogP contribution in [-0.2, 0) is 4.74 Å². The van der Waals surface area contributed by atoms with E-state index in [1.54, 1.807) is 0 Å². The van der Waals surface area contributed by atoms with Gasteiger partial charge in [0.1, 0.15) is 0 Å². The third-order valence-corrected chi connectivity index (χ3v) is 3.59. The minimum atomic E-state index is 0.319. The number of morpholine rings is 1. The Labute approximate surface area is 114 Å². The number of hydrogen-bond acceptors (Lipinski definition) is 2. The average Bonchev–Trinajstić information content (AvgIpc) is 2.51. The molecule has 1 aliphatic rings. The second kappa shape index (κ2) is 6.00. The van der Waals surface area contributed by atoms with Crippen LogP contribution >= 0.6 is 0 Å². The zero-order valence-electron chi connectivity index (χ0n) is 11.0. The molecule has 0 saturated carbocycles. The molecule has 2 aromatic carbocycles. The van der Waals surface area contributed by atoms with Gasteiger partial charge in [0.15, 0.2) is 0 Å². The molecule has 1 unspecified atom stereocenters. The van der Waals surface area contributed by atoms with Crippen molar-refractivity contribution < 1.29 is 4.74 Å². The molecule has 0 aliphatic carbocycles. The second-order valence-corrected chi connectivity index (χ2v) is 4.79. The Morgan fingerprint density at radius 3 is 2.21 bits per heavy atom. The van der Waals surface area contributed by atoms with E-state index < -0.39 is 0 Å². The van der Waals surface area contributed by atoms with Crippen molar-refractivity contribution in [2.24, 2.45) is 0 Å². The molecule has 2 heteroatoms. The molecule has 97 valence electrons. The third-order valence-electron chi connectivity index (χ3n) is 3.59. The lowest BCUT2D eigenvalue weighted by Crippen LogP contribution is -2.39. The summed E-state index contributed by atoms with van der Waals surface area (Å²) >= 11 is 0. The molecule has 1 saturated heterocycles. The van der Waals surface area contributed by atoms with Crippen molar-refractivity contribution in [3.8, 4) is 0 Å². The van der Waals surface area contributed by atoms with Gasteiger partial charge < -0.3 is 4.74 Å². The highest BCUT2D eigenvalue weighted by atomic mass is 16.5. The fourth-order valence-electron chi connectivity index (χ4n) is 2.67. The van der Waals surface area contributed by atoms with Gasteiger partial charge in [0.2, 0.25) is 0 Å². The summed E-state index contributed by atoms with van der Waals surface area (Å²) in [5.41, 5.74) is 2.67. The van der Waals surface area contributed by atoms with Gasteiger partial charge in [-0.05, 0) is 17.2 Å². The Kier molecular flexibility index (Phi) is 3.92. The van der Waals surface area contributed by atoms with Crippen LogP contribution in [0.1, 0.15) is 17.2 Å². The number of rotatable bonds is 3. The van der Waals surface area contributed by atoms with Gasteiger partial charge in [-0.2, -0.15) is 0 Å². The summed E-state index contributed by atoms with van der Waals surface area (Å²) < 4.78 is 5.47. The van der Waals surface area contributed by atoms with Crippen molar-refractivity contribution in [2.45, 2.75) is 6.04 Å². The highest BCUT2D eigenvalue weighted by Crippen LogP contribution is 2.28. The first-order valence-electron chi connectivity index (χ1n) is 6.78. The van der Waals surface area contributed by atoms with Gasteiger partial charge in [-0.3, -0.25) is 4.90 Å². The molecule has 3 rings (SSSR count). The van der Waals surface area contributed by atoms with Crippen molar-refractivity contribution in [3.63, 3.8) is 0 Å². The summed E-state index contributed by atoms with van der Waals surface area (Å²) in [7, 11) is 0. The Balaban J connectivity index is 1.96. The van der Waals surface area contributed by atoms with Crippen LogP contribution in [-0.4, -0.2) is 31.2 Å². The highest BCUT2D eigenvalue weighted by Gasteiger charge is 2.23. The zero-order valence-corrected chi connectivity index (χ0v) is 11.0. The molecule has 1 fully saturated rings. The molecule has 2 nitrogen and oxygen atoms in total. The molecular weight excluding hydrogens is 234 g/mol. The zero-order chi connectivity index (χ0) is 12.9. The molecule has 0 N–H and O–H groups in total. The predicted octanol–water partition coefficient (Wildman–Crippen LogP) is 2.91. The van der Waals surface area contributed by atoms with Crippen LogP contribution in [0.2, 0.25) is 0 Å². The summed E-state index contributed by atoms with van der Waals surface area (Å²) in [6, 6.07) is 22.4. The van der Waals surface area contributed by atoms with E-state index >= 15 is 0 Å². The van der Waals surface area contributed by atoms with Crippen molar-refractivity contribution >= 4 is 0 Å². The van der Waals surface area contributed by atoms with Crippen LogP contribution in [0.25, 0.3) is 0 Å². The van der Waals surface area contributed by atoms with E-state index in [0.29, 0.717) is 6.04 Å². The van der Waals surface area contributed by atoms with Gasteiger partial charge in [-0.25, -0.2) is 0 Å². The number of benzene rings is 2. The van der Waals surface area contributed by atoms with E-state index in [4.69, 9.17) is 4.74 Å². The van der Waals surface area contributed by atoms with E-state index in [0.717, 1.165) is 26.3 Å². The van der Waals surface area contributed by atoms with Crippen LogP contribution in [0, 0.1) is 6.07 Å². The lowest BCUT2D eigenvalue weighted by molar-refractivity contribution is 0.0239. The summed E-state index contributed by atoms with van der Waals surface area (Å²) in [5, 5.41) is 0. The first-order valence-corrected chi connectivity index (χ1v) is 6.78. The summed E-state index contributed by atoms with van der Waals surface area (Å²) in [6.45, 7) is 3.61. The van der Waals surface area contributed by atoms with Gasteiger partial charge in [-0.1, -0.05) is 54.6 Å². The molecule has 0 aromatic heterocycles. The van der Waals surface area contributed by atoms with Crippen LogP contribution in [0.4, 0.5) is 0 Å². The predicted molar refractivity (Wildman–Crippen MR) is 76.0 cm³/mol. The van der Waals surface area contributed by atoms with Crippen molar-refractivity contribution in [1.82, 2.24) is 4.90 Å². The van der Waals surface area contributed by atoms with E-state index in [1.165, 1.54) is 11.1 Å². The average molecular weight is 252 g/mol. The molecule has 1 aliphatic heterocycles. The largest absolute Gasteiger partial charge is 0.379 e. The van der Waals surface area contributed by atoms with E-state index in [9.17, 15) is 0 Å². The SMILES string of the molecule is [c]1ccc(C(c2ccccc2)N2CCOCC2)cc1. The van der Waals surface area contributed by atoms with Crippen LogP contribution < -0.4 is 0 Å². The number of ether oxygens (including phenoxy) is 1. The Morgan fingerprint density at radius 1 is 0.895 bits per heavy atom. The van der Waals surface area contributed by atoms with Gasteiger partial charge in [0.25, 0.3) is 0 Å². The highest BCUT2D eigenvalue weighted by molar-refractivity contribution is 5.31. The maximum atomic E-state index is 5.47. The van der Waals surface area contributed by atoms with Crippen LogP contribution in [0.5, 0.6) is 0 Å². The van der Waals surface area contributed by atoms with Gasteiger partial charge in [0, 0.05) is 13.1 Å². The lowest BCUT2D eigenvalue weighted by Gasteiger charge is -2.35. The molecule has 1 heterocycles. The lowest BCUT2D eigenvalue weighted by atomic mass is 9.97. The normalized spacial score (nSPS) is 16.7. The van der Waals surface area contributed by atoms with Gasteiger partial charge >= 0.3 is 0 Å². The van der Waals surface area contributed by atoms with Crippen molar-refractivity contribution in [3.05, 3.63) is 71.8 Å². The van der Waals surface area contributed by atoms with E-state index in [-0.39, 0.29) is 0 Å². The molecule has 0 amide bonds. The quantitative estimate of drug-likeness (QED) is 0.833. The number of nitrogens with zero attached hydrogens (tertiary/aromatic N) is 1. The molecule has 1 atom stereocenters. The minimum Gasteiger partial charge on any atom is -0.379 e. The van der Waals surface area contributed by atoms with Crippen LogP contribution in [0.15, 0.2) is 54.6 Å². The molecule has 19 heavy (non-hydrogen) atoms. The summed E-state index contributed by atoms with van der Waals surface area (Å²) in [4.78, 5) is 2.49. The maximum absolute atomic E-state index is 5.47. The van der Waals surface area contributed by atoms with Crippen molar-refractivity contribution in [2.75, 3.05) is 26.3 Å². The molecule has 2 aromatic rings. The minimum absolute atomic E-state index is 0.319. The fraction of sp³-hybridized carbons (Fsp3) is 0.294. The first kappa shape index (κ1) is 12.4. The smallest absolute Gasteiger partial charge is 0.0603 e. The Bertz CT molecular complexity index is 452. The second-order valence-electron chi connectivity index (χ2n) is 4.79. The molecule has 0 bridgehead atoms. The van der Waals surface area contributed by atoms with Gasteiger partial charge in [-0.15, -0.1) is 0 Å². The first-order chi connectivity index (χ1) is 9.45. The van der Waals surface area contributed by atoms with Crippen LogP contribution in [0.3, 0.4) is 0 Å². The van der Waals surface area contributed by atoms with Gasteiger partial charge in [0.05, 0.1) is 19.3 Å². The molecule has 0 spiro atoms. The van der Waals surface area contributed by atoms with E-state index in [1.807, 2.05) is 12.1 Å². The topological polar surface area (TPSA) is 12.5 Å². The molecule has 1 radical (unpaired) electrons. The standard InChI is InChI=1S/C17H18NO/c1-3-7-15(8-4-1)17(16-9-5-2-6-10-16)18-11-13-19-14-12-18/h1,3-10,17H,11-14H2. The molecular formula is C17H18NO. The Hall–Kier alpha value is -1.64. The maximum Gasteiger partial charge on any atom is 0.0603 e. The Morgan fingerprint density at radius 2 is 1.53 bits per heavy atom. The monoisotopic (exact) mass is 252 g/mol.